The van der Waals surface area contributed by atoms with Crippen molar-refractivity contribution in [3.63, 3.8) is 0 Å². The molecule has 0 atom stereocenters. The minimum Gasteiger partial charge on any atom is -0.504 e. The molecule has 3 N–H and O–H groups in total. The van der Waals surface area contributed by atoms with Gasteiger partial charge in [-0.15, -0.1) is 0 Å². The number of aromatic hydroxyl groups is 2. The molecule has 1 rings (SSSR count). The molecule has 0 aliphatic heterocycles. The molecule has 0 saturated carbocycles. The van der Waals surface area contributed by atoms with Crippen LogP contribution in [0.25, 0.3) is 0 Å². The van der Waals surface area contributed by atoms with Gasteiger partial charge in [-0.25, -0.2) is 4.79 Å². The number of para-hydroxylation sites is 1. The van der Waals surface area contributed by atoms with Crippen molar-refractivity contribution >= 4 is 5.97 Å². The van der Waals surface area contributed by atoms with Gasteiger partial charge < -0.3 is 10.2 Å². The molecule has 0 radical (unpaired) electrons. The van der Waals surface area contributed by atoms with Crippen LogP contribution < -0.4 is 0 Å². The smallest absolute Gasteiger partial charge is 0.376 e. The zero-order valence-corrected chi connectivity index (χ0v) is 5.89. The molecule has 0 aromatic heterocycles. The van der Waals surface area contributed by atoms with Gasteiger partial charge in [-0.2, -0.15) is 5.26 Å². The van der Waals surface area contributed by atoms with Crippen molar-refractivity contribution in [3.8, 4) is 11.5 Å². The third-order valence-electron chi connectivity index (χ3n) is 1.32. The van der Waals surface area contributed by atoms with Crippen molar-refractivity contribution in [1.82, 2.24) is 0 Å². The van der Waals surface area contributed by atoms with Crippen molar-refractivity contribution in [2.45, 2.75) is 0 Å². The van der Waals surface area contributed by atoms with E-state index in [9.17, 15) is 4.79 Å². The summed E-state index contributed by atoms with van der Waals surface area (Å²) in [6, 6.07) is 3.73. The lowest BCUT2D eigenvalue weighted by molar-refractivity contribution is -0.183. The van der Waals surface area contributed by atoms with Gasteiger partial charge >= 0.3 is 5.97 Å². The average Bonchev–Trinajstić information content (AvgIpc) is 2.08. The first-order chi connectivity index (χ1) is 5.66. The zero-order valence-electron chi connectivity index (χ0n) is 5.89. The summed E-state index contributed by atoms with van der Waals surface area (Å²) in [6.07, 6.45) is 0. The Morgan fingerprint density at radius 1 is 1.33 bits per heavy atom. The Morgan fingerprint density at radius 3 is 2.58 bits per heavy atom. The number of hydrogen-bond acceptors (Lipinski definition) is 5. The second-order valence-electron chi connectivity index (χ2n) is 2.05. The van der Waals surface area contributed by atoms with Gasteiger partial charge in [0.15, 0.2) is 11.5 Å². The van der Waals surface area contributed by atoms with Gasteiger partial charge in [0.2, 0.25) is 0 Å². The molecule has 1 aromatic rings. The summed E-state index contributed by atoms with van der Waals surface area (Å²) in [4.78, 5) is 14.0. The van der Waals surface area contributed by atoms with E-state index in [-0.39, 0.29) is 5.56 Å². The number of hydrogen-bond donors (Lipinski definition) is 3. The molecule has 5 heteroatoms. The fraction of sp³-hybridized carbons (Fsp3) is 0. The van der Waals surface area contributed by atoms with E-state index in [2.05, 4.69) is 4.89 Å². The van der Waals surface area contributed by atoms with E-state index in [0.717, 1.165) is 0 Å². The van der Waals surface area contributed by atoms with Crippen molar-refractivity contribution in [2.75, 3.05) is 0 Å². The molecule has 0 heterocycles. The predicted molar refractivity (Wildman–Crippen MR) is 37.8 cm³/mol. The van der Waals surface area contributed by atoms with Crippen molar-refractivity contribution in [3.05, 3.63) is 23.8 Å². The Labute approximate surface area is 67.4 Å². The van der Waals surface area contributed by atoms with Crippen molar-refractivity contribution < 1.29 is 25.2 Å². The summed E-state index contributed by atoms with van der Waals surface area (Å²) in [5.41, 5.74) is -0.294. The Kier molecular flexibility index (Phi) is 2.16. The Bertz CT molecular complexity index is 307. The lowest BCUT2D eigenvalue weighted by Gasteiger charge is -2.01. The molecule has 0 spiro atoms. The van der Waals surface area contributed by atoms with Gasteiger partial charge in [-0.05, 0) is 12.1 Å². The quantitative estimate of drug-likeness (QED) is 0.328. The lowest BCUT2D eigenvalue weighted by Crippen LogP contribution is -2.01. The van der Waals surface area contributed by atoms with Crippen LogP contribution in [-0.2, 0) is 4.89 Å². The number of rotatable bonds is 1. The van der Waals surface area contributed by atoms with E-state index in [0.29, 0.717) is 0 Å². The largest absolute Gasteiger partial charge is 0.504 e. The maximum absolute atomic E-state index is 10.6. The molecular weight excluding hydrogens is 164 g/mol. The fourth-order valence-corrected chi connectivity index (χ4v) is 0.745. The van der Waals surface area contributed by atoms with Crippen LogP contribution in [-0.4, -0.2) is 21.4 Å². The normalized spacial score (nSPS) is 9.42. The van der Waals surface area contributed by atoms with Gasteiger partial charge in [0.05, 0.1) is 0 Å². The van der Waals surface area contributed by atoms with E-state index < -0.39 is 17.5 Å². The standard InChI is InChI=1S/C7H6O5/c8-5-3-1-2-4(6(5)9)7(10)12-11/h1-3,8-9,11H. The monoisotopic (exact) mass is 170 g/mol. The second kappa shape index (κ2) is 3.10. The fourth-order valence-electron chi connectivity index (χ4n) is 0.745. The molecule has 0 saturated heterocycles. The summed E-state index contributed by atoms with van der Waals surface area (Å²) >= 11 is 0. The summed E-state index contributed by atoms with van der Waals surface area (Å²) in [6.45, 7) is 0. The van der Waals surface area contributed by atoms with Gasteiger partial charge in [-0.1, -0.05) is 6.07 Å². The SMILES string of the molecule is O=C(OO)c1cccc(O)c1O. The third-order valence-corrected chi connectivity index (χ3v) is 1.32. The van der Waals surface area contributed by atoms with E-state index in [4.69, 9.17) is 15.5 Å². The summed E-state index contributed by atoms with van der Waals surface area (Å²) in [7, 11) is 0. The maximum Gasteiger partial charge on any atom is 0.376 e. The van der Waals surface area contributed by atoms with E-state index in [1.54, 1.807) is 0 Å². The molecule has 0 aliphatic carbocycles. The molecule has 0 fully saturated rings. The first kappa shape index (κ1) is 8.35. The molecule has 0 bridgehead atoms. The molecule has 0 amide bonds. The topological polar surface area (TPSA) is 87.0 Å². The minimum atomic E-state index is -1.12. The number of carbonyl (C=O) groups is 1. The first-order valence-corrected chi connectivity index (χ1v) is 3.03. The highest BCUT2D eigenvalue weighted by Gasteiger charge is 2.14. The summed E-state index contributed by atoms with van der Waals surface area (Å²) < 4.78 is 0. The van der Waals surface area contributed by atoms with Gasteiger partial charge in [0, 0.05) is 0 Å². The van der Waals surface area contributed by atoms with Crippen LogP contribution in [0.15, 0.2) is 18.2 Å². The van der Waals surface area contributed by atoms with Crippen LogP contribution >= 0.6 is 0 Å². The lowest BCUT2D eigenvalue weighted by atomic mass is 10.2. The van der Waals surface area contributed by atoms with E-state index >= 15 is 0 Å². The summed E-state index contributed by atoms with van der Waals surface area (Å²) in [5.74, 6) is -2.18. The second-order valence-corrected chi connectivity index (χ2v) is 2.05. The highest BCUT2D eigenvalue weighted by atomic mass is 17.1. The molecule has 64 valence electrons. The van der Waals surface area contributed by atoms with E-state index in [1.165, 1.54) is 18.2 Å². The predicted octanol–water partition coefficient (Wildman–Crippen LogP) is 0.728. The van der Waals surface area contributed by atoms with Crippen LogP contribution in [0.5, 0.6) is 11.5 Å². The minimum absolute atomic E-state index is 0.294. The van der Waals surface area contributed by atoms with Gasteiger partial charge in [0.25, 0.3) is 0 Å². The van der Waals surface area contributed by atoms with Crippen LogP contribution in [0.1, 0.15) is 10.4 Å². The summed E-state index contributed by atoms with van der Waals surface area (Å²) in [5, 5.41) is 25.9. The van der Waals surface area contributed by atoms with Crippen molar-refractivity contribution in [1.29, 1.82) is 0 Å². The van der Waals surface area contributed by atoms with Crippen LogP contribution in [0.4, 0.5) is 0 Å². The zero-order chi connectivity index (χ0) is 9.14. The molecule has 1 aromatic carbocycles. The van der Waals surface area contributed by atoms with E-state index in [1.807, 2.05) is 0 Å². The van der Waals surface area contributed by atoms with Crippen LogP contribution in [0.3, 0.4) is 0 Å². The molecule has 0 unspecified atom stereocenters. The maximum atomic E-state index is 10.6. The molecular formula is C7H6O5. The number of benzene rings is 1. The van der Waals surface area contributed by atoms with Crippen molar-refractivity contribution in [2.24, 2.45) is 0 Å². The third kappa shape index (κ3) is 1.30. The van der Waals surface area contributed by atoms with Gasteiger partial charge in [0.1, 0.15) is 5.56 Å². The highest BCUT2D eigenvalue weighted by Crippen LogP contribution is 2.28. The number of carbonyl (C=O) groups excluding carboxylic acids is 1. The Hall–Kier alpha value is -1.75. The van der Waals surface area contributed by atoms with Crippen LogP contribution in [0, 0.1) is 0 Å². The molecule has 5 nitrogen and oxygen atoms in total. The highest BCUT2D eigenvalue weighted by molar-refractivity contribution is 5.92. The number of phenolic OH excluding ortho intramolecular Hbond substituents is 2. The van der Waals surface area contributed by atoms with Gasteiger partial charge in [-0.3, -0.25) is 4.89 Å². The van der Waals surface area contributed by atoms with Crippen LogP contribution in [0.2, 0.25) is 0 Å². The Balaban J connectivity index is 3.16. The Morgan fingerprint density at radius 2 is 2.00 bits per heavy atom. The molecule has 0 aliphatic rings. The molecule has 12 heavy (non-hydrogen) atoms. The first-order valence-electron chi connectivity index (χ1n) is 3.03. The number of phenols is 2. The average molecular weight is 170 g/mol.